The van der Waals surface area contributed by atoms with Crippen LogP contribution in [0.15, 0.2) is 10.8 Å². The summed E-state index contributed by atoms with van der Waals surface area (Å²) in [6.45, 7) is 1.36. The van der Waals surface area contributed by atoms with Crippen LogP contribution < -0.4 is 9.47 Å². The van der Waals surface area contributed by atoms with Crippen molar-refractivity contribution in [3.05, 3.63) is 10.8 Å². The molecule has 0 spiro atoms. The van der Waals surface area contributed by atoms with Crippen LogP contribution in [0.4, 0.5) is 39.5 Å². The standard InChI is InChI=1S/C17H19F9O2S/c1-2-3-4-13(9-27-11-7-29-8-12(11)28-10-13)5-6-14(18,19)15(20,21)16(22,23)17(24,25)26/h7-8H,2-6,9-10H2,1H3. The topological polar surface area (TPSA) is 18.5 Å². The van der Waals surface area contributed by atoms with Crippen molar-refractivity contribution >= 4 is 11.3 Å². The first-order chi connectivity index (χ1) is 13.2. The highest BCUT2D eigenvalue weighted by molar-refractivity contribution is 7.08. The molecule has 0 N–H and O–H groups in total. The van der Waals surface area contributed by atoms with Crippen LogP contribution in [0.5, 0.6) is 11.5 Å². The van der Waals surface area contributed by atoms with E-state index in [1.165, 1.54) is 11.3 Å². The number of ether oxygens (including phenoxy) is 2. The maximum atomic E-state index is 14.0. The van der Waals surface area contributed by atoms with Crippen LogP contribution in [0.3, 0.4) is 0 Å². The average Bonchev–Trinajstić information content (AvgIpc) is 3.00. The van der Waals surface area contributed by atoms with Crippen molar-refractivity contribution in [2.75, 3.05) is 13.2 Å². The Labute approximate surface area is 165 Å². The third-order valence-corrected chi connectivity index (χ3v) is 5.60. The molecule has 1 aromatic heterocycles. The van der Waals surface area contributed by atoms with E-state index in [-0.39, 0.29) is 19.6 Å². The Morgan fingerprint density at radius 1 is 0.862 bits per heavy atom. The van der Waals surface area contributed by atoms with Crippen LogP contribution in [-0.2, 0) is 0 Å². The normalized spacial score (nSPS) is 17.9. The Morgan fingerprint density at radius 2 is 1.38 bits per heavy atom. The fraction of sp³-hybridized carbons (Fsp3) is 0.765. The van der Waals surface area contributed by atoms with E-state index in [1.807, 2.05) is 0 Å². The molecule has 29 heavy (non-hydrogen) atoms. The Kier molecular flexibility index (Phi) is 6.66. The lowest BCUT2D eigenvalue weighted by Crippen LogP contribution is -2.61. The lowest BCUT2D eigenvalue weighted by Gasteiger charge is -2.37. The number of hydrogen-bond donors (Lipinski definition) is 0. The van der Waals surface area contributed by atoms with E-state index in [4.69, 9.17) is 9.47 Å². The number of halogens is 9. The van der Waals surface area contributed by atoms with Gasteiger partial charge in [-0.15, -0.1) is 11.3 Å². The highest BCUT2D eigenvalue weighted by atomic mass is 32.1. The summed E-state index contributed by atoms with van der Waals surface area (Å²) in [5, 5.41) is 3.16. The monoisotopic (exact) mass is 458 g/mol. The van der Waals surface area contributed by atoms with Gasteiger partial charge in [0.1, 0.15) is 0 Å². The Hall–Kier alpha value is -1.33. The second kappa shape index (κ2) is 8.07. The van der Waals surface area contributed by atoms with Gasteiger partial charge in [-0.05, 0) is 12.8 Å². The summed E-state index contributed by atoms with van der Waals surface area (Å²) in [6.07, 6.45) is -8.20. The number of unbranched alkanes of at least 4 members (excludes halogenated alkanes) is 1. The minimum atomic E-state index is -6.87. The summed E-state index contributed by atoms with van der Waals surface area (Å²) in [4.78, 5) is 0. The van der Waals surface area contributed by atoms with Crippen LogP contribution in [0.1, 0.15) is 39.0 Å². The van der Waals surface area contributed by atoms with Crippen molar-refractivity contribution in [3.63, 3.8) is 0 Å². The van der Waals surface area contributed by atoms with Gasteiger partial charge >= 0.3 is 23.9 Å². The van der Waals surface area contributed by atoms with Crippen molar-refractivity contribution < 1.29 is 49.0 Å². The largest absolute Gasteiger partial charge is 0.488 e. The SMILES string of the molecule is CCCCC1(CCC(F)(F)C(F)(F)C(F)(F)C(F)(F)F)COc2cscc2OC1. The van der Waals surface area contributed by atoms with Crippen LogP contribution in [0.2, 0.25) is 0 Å². The molecule has 0 bridgehead atoms. The summed E-state index contributed by atoms with van der Waals surface area (Å²) in [5.41, 5.74) is -1.24. The van der Waals surface area contributed by atoms with Crippen molar-refractivity contribution in [2.45, 2.75) is 63.0 Å². The van der Waals surface area contributed by atoms with Gasteiger partial charge in [0, 0.05) is 22.6 Å². The van der Waals surface area contributed by atoms with Gasteiger partial charge in [-0.2, -0.15) is 39.5 Å². The van der Waals surface area contributed by atoms with Gasteiger partial charge in [0.15, 0.2) is 11.5 Å². The lowest BCUT2D eigenvalue weighted by atomic mass is 9.78. The van der Waals surface area contributed by atoms with Crippen molar-refractivity contribution in [2.24, 2.45) is 5.41 Å². The van der Waals surface area contributed by atoms with E-state index >= 15 is 0 Å². The zero-order valence-electron chi connectivity index (χ0n) is 15.2. The molecule has 2 heterocycles. The van der Waals surface area contributed by atoms with E-state index < -0.39 is 42.2 Å². The molecule has 0 amide bonds. The summed E-state index contributed by atoms with van der Waals surface area (Å²) in [7, 11) is 0. The van der Waals surface area contributed by atoms with Crippen LogP contribution in [0, 0.1) is 5.41 Å². The molecule has 0 aliphatic carbocycles. The van der Waals surface area contributed by atoms with E-state index in [0.29, 0.717) is 24.3 Å². The fourth-order valence-electron chi connectivity index (χ4n) is 2.94. The molecule has 0 unspecified atom stereocenters. The van der Waals surface area contributed by atoms with Gasteiger partial charge in [0.05, 0.1) is 13.2 Å². The van der Waals surface area contributed by atoms with Gasteiger partial charge in [-0.25, -0.2) is 0 Å². The number of hydrogen-bond acceptors (Lipinski definition) is 3. The predicted molar refractivity (Wildman–Crippen MR) is 87.4 cm³/mol. The lowest BCUT2D eigenvalue weighted by molar-refractivity contribution is -0.397. The fourth-order valence-corrected chi connectivity index (χ4v) is 3.62. The molecule has 1 aromatic rings. The molecule has 2 nitrogen and oxygen atoms in total. The summed E-state index contributed by atoms with van der Waals surface area (Å²) >= 11 is 1.25. The van der Waals surface area contributed by atoms with Gasteiger partial charge in [0.25, 0.3) is 0 Å². The van der Waals surface area contributed by atoms with Crippen molar-refractivity contribution in [1.82, 2.24) is 0 Å². The molecule has 0 aromatic carbocycles. The molecular weight excluding hydrogens is 439 g/mol. The Morgan fingerprint density at radius 3 is 1.83 bits per heavy atom. The molecule has 1 aliphatic rings. The molecule has 168 valence electrons. The molecule has 0 atom stereocenters. The van der Waals surface area contributed by atoms with E-state index in [9.17, 15) is 39.5 Å². The smallest absolute Gasteiger partial charge is 0.460 e. The van der Waals surface area contributed by atoms with Crippen LogP contribution in [-0.4, -0.2) is 37.2 Å². The minimum Gasteiger partial charge on any atom is -0.488 e. The number of thiophene rings is 1. The first-order valence-electron chi connectivity index (χ1n) is 8.71. The molecule has 0 saturated carbocycles. The van der Waals surface area contributed by atoms with Crippen molar-refractivity contribution in [3.8, 4) is 11.5 Å². The minimum absolute atomic E-state index is 0.189. The van der Waals surface area contributed by atoms with Gasteiger partial charge in [0.2, 0.25) is 0 Å². The van der Waals surface area contributed by atoms with Gasteiger partial charge < -0.3 is 9.47 Å². The van der Waals surface area contributed by atoms with Crippen molar-refractivity contribution in [1.29, 1.82) is 0 Å². The summed E-state index contributed by atoms with van der Waals surface area (Å²) in [5.74, 6) is -18.4. The summed E-state index contributed by atoms with van der Waals surface area (Å²) in [6, 6.07) is 0. The predicted octanol–water partition coefficient (Wildman–Crippen LogP) is 6.94. The average molecular weight is 458 g/mol. The first-order valence-corrected chi connectivity index (χ1v) is 9.65. The van der Waals surface area contributed by atoms with E-state index in [2.05, 4.69) is 0 Å². The van der Waals surface area contributed by atoms with E-state index in [1.54, 1.807) is 17.7 Å². The zero-order valence-corrected chi connectivity index (χ0v) is 16.0. The Balaban J connectivity index is 2.20. The number of rotatable bonds is 8. The highest BCUT2D eigenvalue weighted by Crippen LogP contribution is 2.55. The maximum absolute atomic E-state index is 14.0. The summed E-state index contributed by atoms with van der Waals surface area (Å²) < 4.78 is 129. The quantitative estimate of drug-likeness (QED) is 0.393. The molecule has 0 fully saturated rings. The highest BCUT2D eigenvalue weighted by Gasteiger charge is 2.81. The molecule has 0 saturated heterocycles. The molecule has 12 heteroatoms. The number of alkyl halides is 9. The van der Waals surface area contributed by atoms with Gasteiger partial charge in [-0.1, -0.05) is 19.8 Å². The third-order valence-electron chi connectivity index (χ3n) is 4.90. The second-order valence-electron chi connectivity index (χ2n) is 7.13. The number of fused-ring (bicyclic) bond motifs is 1. The van der Waals surface area contributed by atoms with E-state index in [0.717, 1.165) is 0 Å². The third kappa shape index (κ3) is 4.56. The molecule has 0 radical (unpaired) electrons. The zero-order chi connectivity index (χ0) is 22.1. The molecule has 2 rings (SSSR count). The molecular formula is C17H19F9O2S. The van der Waals surface area contributed by atoms with Crippen LogP contribution in [0.25, 0.3) is 0 Å². The molecule has 1 aliphatic heterocycles. The first kappa shape index (κ1) is 23.9. The Bertz CT molecular complexity index is 662. The second-order valence-corrected chi connectivity index (χ2v) is 7.88. The maximum Gasteiger partial charge on any atom is 0.460 e. The van der Waals surface area contributed by atoms with Gasteiger partial charge in [-0.3, -0.25) is 0 Å². The van der Waals surface area contributed by atoms with Crippen LogP contribution >= 0.6 is 11.3 Å².